The van der Waals surface area contributed by atoms with Crippen molar-refractivity contribution in [2.24, 2.45) is 22.2 Å². The normalized spacial score (nSPS) is 22.1. The Balaban J connectivity index is 1.79. The van der Waals surface area contributed by atoms with Crippen LogP contribution in [0.4, 0.5) is 0 Å². The summed E-state index contributed by atoms with van der Waals surface area (Å²) in [7, 11) is 0. The number of aliphatic carboxylic acids is 1. The monoisotopic (exact) mass is 398 g/mol. The Hall–Kier alpha value is -2.17. The van der Waals surface area contributed by atoms with Crippen LogP contribution in [0.15, 0.2) is 23.2 Å². The molecule has 29 heavy (non-hydrogen) atoms. The summed E-state index contributed by atoms with van der Waals surface area (Å²) in [4.78, 5) is 31.0. The Bertz CT molecular complexity index is 807. The van der Waals surface area contributed by atoms with Crippen LogP contribution in [0.5, 0.6) is 0 Å². The number of aryl methyl sites for hydroxylation is 1. The van der Waals surface area contributed by atoms with Crippen LogP contribution in [0, 0.1) is 24.2 Å². The molecule has 0 bridgehead atoms. The molecule has 2 atom stereocenters. The van der Waals surface area contributed by atoms with Crippen molar-refractivity contribution in [1.82, 2.24) is 4.90 Å². The third kappa shape index (κ3) is 5.68. The average molecular weight is 399 g/mol. The Labute approximate surface area is 174 Å². The maximum Gasteiger partial charge on any atom is 0.303 e. The van der Waals surface area contributed by atoms with Gasteiger partial charge in [0.1, 0.15) is 0 Å². The van der Waals surface area contributed by atoms with Crippen LogP contribution < -0.4 is 0 Å². The highest BCUT2D eigenvalue weighted by Gasteiger charge is 2.35. The molecule has 1 amide bonds. The van der Waals surface area contributed by atoms with E-state index in [-0.39, 0.29) is 29.6 Å². The number of benzene rings is 1. The third-order valence-electron chi connectivity index (χ3n) is 6.08. The van der Waals surface area contributed by atoms with Gasteiger partial charge in [0.15, 0.2) is 0 Å². The van der Waals surface area contributed by atoms with E-state index in [2.05, 4.69) is 45.9 Å². The van der Waals surface area contributed by atoms with Crippen LogP contribution >= 0.6 is 0 Å². The molecule has 5 nitrogen and oxygen atoms in total. The lowest BCUT2D eigenvalue weighted by Crippen LogP contribution is -2.46. The molecule has 3 rings (SSSR count). The zero-order chi connectivity index (χ0) is 21.2. The summed E-state index contributed by atoms with van der Waals surface area (Å²) in [6.07, 6.45) is 3.14. The first kappa shape index (κ1) is 21.5. The molecule has 0 saturated carbocycles. The van der Waals surface area contributed by atoms with Crippen molar-refractivity contribution in [3.8, 4) is 0 Å². The summed E-state index contributed by atoms with van der Waals surface area (Å²) in [5.41, 5.74) is 4.79. The fourth-order valence-corrected chi connectivity index (χ4v) is 4.59. The molecule has 1 saturated heterocycles. The van der Waals surface area contributed by atoms with E-state index in [9.17, 15) is 14.7 Å². The second-order valence-electron chi connectivity index (χ2n) is 9.93. The number of carboxylic acids is 1. The summed E-state index contributed by atoms with van der Waals surface area (Å²) in [5.74, 6) is -0.354. The SMILES string of the molecule is Cc1ccc2c(c1)C(CC1CN(C(=O)CC(C)(C)C)CCC1CC(=O)O)=NCC2. The lowest BCUT2D eigenvalue weighted by Gasteiger charge is -2.39. The number of amides is 1. The molecular formula is C24H34N2O3. The molecular weight excluding hydrogens is 364 g/mol. The minimum Gasteiger partial charge on any atom is -0.481 e. The summed E-state index contributed by atoms with van der Waals surface area (Å²) in [6.45, 7) is 10.4. The predicted octanol–water partition coefficient (Wildman–Crippen LogP) is 4.11. The molecule has 158 valence electrons. The Morgan fingerprint density at radius 3 is 2.69 bits per heavy atom. The predicted molar refractivity (Wildman–Crippen MR) is 115 cm³/mol. The number of carboxylic acid groups (broad SMARTS) is 1. The molecule has 0 aromatic heterocycles. The molecule has 2 unspecified atom stereocenters. The molecule has 1 aromatic carbocycles. The molecule has 2 aliphatic heterocycles. The van der Waals surface area contributed by atoms with E-state index in [4.69, 9.17) is 4.99 Å². The number of hydrogen-bond donors (Lipinski definition) is 1. The molecule has 2 aliphatic rings. The topological polar surface area (TPSA) is 70.0 Å². The lowest BCUT2D eigenvalue weighted by atomic mass is 9.78. The molecule has 2 heterocycles. The van der Waals surface area contributed by atoms with Crippen LogP contribution in [0.3, 0.4) is 0 Å². The van der Waals surface area contributed by atoms with E-state index in [1.54, 1.807) is 0 Å². The van der Waals surface area contributed by atoms with Gasteiger partial charge in [0.05, 0.1) is 0 Å². The smallest absolute Gasteiger partial charge is 0.303 e. The molecule has 5 heteroatoms. The standard InChI is InChI=1S/C24H34N2O3/c1-16-5-6-17-7-9-25-21(20(17)11-16)12-19-15-26(22(27)14-24(2,3)4)10-8-18(19)13-23(28)29/h5-6,11,18-19H,7-10,12-15H2,1-4H3,(H,28,29). The number of carbonyl (C=O) groups excluding carboxylic acids is 1. The number of hydrogen-bond acceptors (Lipinski definition) is 3. The van der Waals surface area contributed by atoms with Gasteiger partial charge in [-0.05, 0) is 60.6 Å². The van der Waals surface area contributed by atoms with Crippen LogP contribution in [-0.2, 0) is 16.0 Å². The maximum atomic E-state index is 12.8. The molecule has 1 N–H and O–H groups in total. The largest absolute Gasteiger partial charge is 0.481 e. The van der Waals surface area contributed by atoms with Crippen LogP contribution in [-0.4, -0.2) is 47.2 Å². The highest BCUT2D eigenvalue weighted by molar-refractivity contribution is 6.03. The van der Waals surface area contributed by atoms with Crippen LogP contribution in [0.25, 0.3) is 0 Å². The molecule has 0 spiro atoms. The number of fused-ring (bicyclic) bond motifs is 1. The second kappa shape index (κ2) is 8.68. The van der Waals surface area contributed by atoms with Crippen molar-refractivity contribution < 1.29 is 14.7 Å². The molecule has 0 aliphatic carbocycles. The van der Waals surface area contributed by atoms with Gasteiger partial charge in [0, 0.05) is 38.2 Å². The van der Waals surface area contributed by atoms with Gasteiger partial charge in [-0.25, -0.2) is 0 Å². The van der Waals surface area contributed by atoms with E-state index in [1.807, 2.05) is 4.90 Å². The minimum atomic E-state index is -0.753. The lowest BCUT2D eigenvalue weighted by molar-refractivity contribution is -0.140. The number of aliphatic imine (C=N–C) groups is 1. The van der Waals surface area contributed by atoms with Crippen LogP contribution in [0.2, 0.25) is 0 Å². The maximum absolute atomic E-state index is 12.8. The third-order valence-corrected chi connectivity index (χ3v) is 6.08. The van der Waals surface area contributed by atoms with E-state index < -0.39 is 5.97 Å². The quantitative estimate of drug-likeness (QED) is 0.811. The van der Waals surface area contributed by atoms with Gasteiger partial charge in [-0.2, -0.15) is 0 Å². The van der Waals surface area contributed by atoms with Gasteiger partial charge >= 0.3 is 5.97 Å². The summed E-state index contributed by atoms with van der Waals surface area (Å²) >= 11 is 0. The number of nitrogens with zero attached hydrogens (tertiary/aromatic N) is 2. The summed E-state index contributed by atoms with van der Waals surface area (Å²) in [6, 6.07) is 6.53. The molecule has 0 radical (unpaired) electrons. The van der Waals surface area contributed by atoms with Crippen LogP contribution in [0.1, 0.15) is 63.1 Å². The molecule has 1 aromatic rings. The van der Waals surface area contributed by atoms with E-state index >= 15 is 0 Å². The number of likely N-dealkylation sites (tertiary alicyclic amines) is 1. The Morgan fingerprint density at radius 2 is 2.00 bits per heavy atom. The fourth-order valence-electron chi connectivity index (χ4n) is 4.59. The number of rotatable bonds is 5. The van der Waals surface area contributed by atoms with E-state index in [1.165, 1.54) is 16.7 Å². The van der Waals surface area contributed by atoms with Crippen molar-refractivity contribution in [3.63, 3.8) is 0 Å². The van der Waals surface area contributed by atoms with Gasteiger partial charge in [-0.1, -0.05) is 38.5 Å². The first-order valence-electron chi connectivity index (χ1n) is 10.7. The van der Waals surface area contributed by atoms with Crippen molar-refractivity contribution >= 4 is 17.6 Å². The average Bonchev–Trinajstić information content (AvgIpc) is 2.61. The van der Waals surface area contributed by atoms with Crippen molar-refractivity contribution in [3.05, 3.63) is 34.9 Å². The summed E-state index contributed by atoms with van der Waals surface area (Å²) in [5, 5.41) is 9.40. The van der Waals surface area contributed by atoms with E-state index in [0.29, 0.717) is 19.5 Å². The fraction of sp³-hybridized carbons (Fsp3) is 0.625. The first-order valence-corrected chi connectivity index (χ1v) is 10.7. The van der Waals surface area contributed by atoms with Gasteiger partial charge in [-0.3, -0.25) is 14.6 Å². The zero-order valence-electron chi connectivity index (χ0n) is 18.2. The minimum absolute atomic E-state index is 0.0472. The van der Waals surface area contributed by atoms with Gasteiger partial charge in [0.2, 0.25) is 5.91 Å². The molecule has 1 fully saturated rings. The second-order valence-corrected chi connectivity index (χ2v) is 9.93. The summed E-state index contributed by atoms with van der Waals surface area (Å²) < 4.78 is 0. The van der Waals surface area contributed by atoms with Crippen molar-refractivity contribution in [2.75, 3.05) is 19.6 Å². The van der Waals surface area contributed by atoms with Crippen molar-refractivity contribution in [1.29, 1.82) is 0 Å². The highest BCUT2D eigenvalue weighted by atomic mass is 16.4. The number of carbonyl (C=O) groups is 2. The zero-order valence-corrected chi connectivity index (χ0v) is 18.2. The van der Waals surface area contributed by atoms with Gasteiger partial charge < -0.3 is 10.0 Å². The Morgan fingerprint density at radius 1 is 1.24 bits per heavy atom. The van der Waals surface area contributed by atoms with Crippen molar-refractivity contribution in [2.45, 2.75) is 59.8 Å². The van der Waals surface area contributed by atoms with Gasteiger partial charge in [0.25, 0.3) is 0 Å². The Kier molecular flexibility index (Phi) is 6.45. The number of piperidine rings is 1. The highest BCUT2D eigenvalue weighted by Crippen LogP contribution is 2.33. The van der Waals surface area contributed by atoms with E-state index in [0.717, 1.165) is 31.5 Å². The first-order chi connectivity index (χ1) is 13.6. The van der Waals surface area contributed by atoms with Gasteiger partial charge in [-0.15, -0.1) is 0 Å².